The number of hydrogen-bond donors (Lipinski definition) is 2. The number of hydrogen-bond acceptors (Lipinski definition) is 3. The Labute approximate surface area is 172 Å². The third kappa shape index (κ3) is 4.52. The summed E-state index contributed by atoms with van der Waals surface area (Å²) in [5.41, 5.74) is 6.57. The summed E-state index contributed by atoms with van der Waals surface area (Å²) < 4.78 is 0. The van der Waals surface area contributed by atoms with Crippen molar-refractivity contribution in [2.24, 2.45) is 0 Å². The molecule has 0 unspecified atom stereocenters. The molecule has 0 spiro atoms. The number of rotatable bonds is 5. The summed E-state index contributed by atoms with van der Waals surface area (Å²) in [6.07, 6.45) is 0. The number of aromatic nitrogens is 1. The van der Waals surface area contributed by atoms with E-state index in [1.165, 1.54) is 11.1 Å². The zero-order valence-electron chi connectivity index (χ0n) is 17.6. The number of aromatic amines is 1. The molecule has 1 amide bonds. The van der Waals surface area contributed by atoms with Crippen molar-refractivity contribution in [3.05, 3.63) is 70.4 Å². The van der Waals surface area contributed by atoms with Crippen molar-refractivity contribution in [1.82, 2.24) is 20.1 Å². The van der Waals surface area contributed by atoms with E-state index in [1.54, 1.807) is 0 Å². The highest BCUT2D eigenvalue weighted by atomic mass is 16.1. The first-order valence-corrected chi connectivity index (χ1v) is 10.4. The molecule has 1 aliphatic heterocycles. The number of amides is 1. The van der Waals surface area contributed by atoms with Crippen LogP contribution in [0.4, 0.5) is 0 Å². The summed E-state index contributed by atoms with van der Waals surface area (Å²) in [7, 11) is 2.18. The first-order valence-electron chi connectivity index (χ1n) is 10.4. The Morgan fingerprint density at radius 3 is 2.59 bits per heavy atom. The van der Waals surface area contributed by atoms with Gasteiger partial charge in [0.15, 0.2) is 0 Å². The van der Waals surface area contributed by atoms with Crippen LogP contribution in [0.2, 0.25) is 0 Å². The predicted octanol–water partition coefficient (Wildman–Crippen LogP) is 3.46. The maximum Gasteiger partial charge on any atom is 0.251 e. The quantitative estimate of drug-likeness (QED) is 0.701. The van der Waals surface area contributed by atoms with Crippen LogP contribution in [0.1, 0.15) is 32.7 Å². The van der Waals surface area contributed by atoms with Crippen LogP contribution in [-0.2, 0) is 13.1 Å². The Morgan fingerprint density at radius 1 is 1.03 bits per heavy atom. The molecule has 3 aromatic rings. The molecule has 5 nitrogen and oxygen atoms in total. The topological polar surface area (TPSA) is 51.4 Å². The van der Waals surface area contributed by atoms with E-state index < -0.39 is 0 Å². The SMILES string of the molecule is Cc1[nH]c2ccc(C(=O)NCc3cccc(CN4CCN(C)CC4)c3)cc2c1C. The van der Waals surface area contributed by atoms with Gasteiger partial charge in [0, 0.05) is 61.4 Å². The predicted molar refractivity (Wildman–Crippen MR) is 118 cm³/mol. The first kappa shape index (κ1) is 19.7. The van der Waals surface area contributed by atoms with Crippen LogP contribution < -0.4 is 5.32 Å². The molecule has 152 valence electrons. The molecular formula is C24H30N4O. The van der Waals surface area contributed by atoms with E-state index in [0.717, 1.165) is 54.9 Å². The van der Waals surface area contributed by atoms with E-state index >= 15 is 0 Å². The van der Waals surface area contributed by atoms with Crippen molar-refractivity contribution in [2.45, 2.75) is 26.9 Å². The van der Waals surface area contributed by atoms with E-state index in [2.05, 4.69) is 65.3 Å². The molecule has 0 aliphatic carbocycles. The number of H-pyrrole nitrogens is 1. The van der Waals surface area contributed by atoms with Gasteiger partial charge in [0.25, 0.3) is 5.91 Å². The van der Waals surface area contributed by atoms with E-state index in [-0.39, 0.29) is 5.91 Å². The molecule has 1 aromatic heterocycles. The number of carbonyl (C=O) groups excluding carboxylic acids is 1. The van der Waals surface area contributed by atoms with Crippen molar-refractivity contribution < 1.29 is 4.79 Å². The van der Waals surface area contributed by atoms with E-state index in [4.69, 9.17) is 0 Å². The number of fused-ring (bicyclic) bond motifs is 1. The molecule has 5 heteroatoms. The number of nitrogens with zero attached hydrogens (tertiary/aromatic N) is 2. The van der Waals surface area contributed by atoms with Crippen LogP contribution in [0.25, 0.3) is 10.9 Å². The molecule has 0 bridgehead atoms. The molecule has 29 heavy (non-hydrogen) atoms. The third-order valence-electron chi connectivity index (χ3n) is 6.02. The lowest BCUT2D eigenvalue weighted by Crippen LogP contribution is -2.43. The van der Waals surface area contributed by atoms with Gasteiger partial charge in [0.1, 0.15) is 0 Å². The maximum absolute atomic E-state index is 12.7. The summed E-state index contributed by atoms with van der Waals surface area (Å²) in [4.78, 5) is 20.9. The zero-order chi connectivity index (χ0) is 20.4. The van der Waals surface area contributed by atoms with Crippen LogP contribution in [-0.4, -0.2) is 53.9 Å². The summed E-state index contributed by atoms with van der Waals surface area (Å²) in [5, 5.41) is 4.19. The molecule has 0 saturated carbocycles. The lowest BCUT2D eigenvalue weighted by molar-refractivity contribution is 0.0951. The fourth-order valence-corrected chi connectivity index (χ4v) is 3.99. The Bertz CT molecular complexity index is 1010. The van der Waals surface area contributed by atoms with Gasteiger partial charge in [0.05, 0.1) is 0 Å². The van der Waals surface area contributed by atoms with Gasteiger partial charge < -0.3 is 15.2 Å². The highest BCUT2D eigenvalue weighted by Gasteiger charge is 2.14. The minimum Gasteiger partial charge on any atom is -0.358 e. The van der Waals surface area contributed by atoms with E-state index in [0.29, 0.717) is 12.1 Å². The van der Waals surface area contributed by atoms with Gasteiger partial charge in [-0.2, -0.15) is 0 Å². The number of benzene rings is 2. The molecule has 1 aliphatic rings. The summed E-state index contributed by atoms with van der Waals surface area (Å²) in [6.45, 7) is 10.1. The van der Waals surface area contributed by atoms with Gasteiger partial charge >= 0.3 is 0 Å². The lowest BCUT2D eigenvalue weighted by atomic mass is 10.1. The second kappa shape index (κ2) is 8.39. The first-order chi connectivity index (χ1) is 14.0. The lowest BCUT2D eigenvalue weighted by Gasteiger charge is -2.32. The fraction of sp³-hybridized carbons (Fsp3) is 0.375. The van der Waals surface area contributed by atoms with Crippen LogP contribution >= 0.6 is 0 Å². The largest absolute Gasteiger partial charge is 0.358 e. The average Bonchev–Trinajstić information content (AvgIpc) is 3.01. The van der Waals surface area contributed by atoms with Gasteiger partial charge in [-0.3, -0.25) is 9.69 Å². The van der Waals surface area contributed by atoms with Crippen LogP contribution in [0.15, 0.2) is 42.5 Å². The second-order valence-corrected chi connectivity index (χ2v) is 8.22. The maximum atomic E-state index is 12.7. The molecule has 2 heterocycles. The number of nitrogens with one attached hydrogen (secondary N) is 2. The van der Waals surface area contributed by atoms with E-state index in [1.807, 2.05) is 18.2 Å². The van der Waals surface area contributed by atoms with Gasteiger partial charge in [-0.1, -0.05) is 24.3 Å². The number of carbonyl (C=O) groups is 1. The number of piperazine rings is 1. The molecule has 4 rings (SSSR count). The van der Waals surface area contributed by atoms with Gasteiger partial charge in [-0.15, -0.1) is 0 Å². The molecule has 2 aromatic carbocycles. The smallest absolute Gasteiger partial charge is 0.251 e. The Morgan fingerprint density at radius 2 is 1.79 bits per heavy atom. The zero-order valence-corrected chi connectivity index (χ0v) is 17.6. The standard InChI is InChI=1S/C24H30N4O/c1-17-18(2)26-23-8-7-21(14-22(17)23)24(29)25-15-19-5-4-6-20(13-19)16-28-11-9-27(3)10-12-28/h4-8,13-14,26H,9-12,15-16H2,1-3H3,(H,25,29). The molecule has 1 saturated heterocycles. The van der Waals surface area contributed by atoms with Crippen molar-refractivity contribution in [2.75, 3.05) is 33.2 Å². The molecule has 2 N–H and O–H groups in total. The Balaban J connectivity index is 1.38. The molecule has 0 atom stereocenters. The minimum absolute atomic E-state index is 0.0328. The van der Waals surface area contributed by atoms with Gasteiger partial charge in [-0.25, -0.2) is 0 Å². The Hall–Kier alpha value is -2.63. The summed E-state index contributed by atoms with van der Waals surface area (Å²) in [5.74, 6) is -0.0328. The van der Waals surface area contributed by atoms with Crippen LogP contribution in [0.3, 0.4) is 0 Å². The van der Waals surface area contributed by atoms with Crippen molar-refractivity contribution in [3.8, 4) is 0 Å². The monoisotopic (exact) mass is 390 g/mol. The van der Waals surface area contributed by atoms with Crippen LogP contribution in [0, 0.1) is 13.8 Å². The van der Waals surface area contributed by atoms with Crippen LogP contribution in [0.5, 0.6) is 0 Å². The molecule has 0 radical (unpaired) electrons. The highest BCUT2D eigenvalue weighted by molar-refractivity contribution is 5.99. The normalized spacial score (nSPS) is 15.7. The van der Waals surface area contributed by atoms with Gasteiger partial charge in [-0.05, 0) is 55.8 Å². The number of aryl methyl sites for hydroxylation is 2. The summed E-state index contributed by atoms with van der Waals surface area (Å²) in [6, 6.07) is 14.4. The fourth-order valence-electron chi connectivity index (χ4n) is 3.99. The average molecular weight is 391 g/mol. The van der Waals surface area contributed by atoms with Crippen molar-refractivity contribution in [1.29, 1.82) is 0 Å². The third-order valence-corrected chi connectivity index (χ3v) is 6.02. The number of likely N-dealkylation sites (N-methyl/N-ethyl adjacent to an activating group) is 1. The summed E-state index contributed by atoms with van der Waals surface area (Å²) >= 11 is 0. The van der Waals surface area contributed by atoms with E-state index in [9.17, 15) is 4.79 Å². The molecular weight excluding hydrogens is 360 g/mol. The Kier molecular flexibility index (Phi) is 5.69. The minimum atomic E-state index is -0.0328. The second-order valence-electron chi connectivity index (χ2n) is 8.22. The van der Waals surface area contributed by atoms with Crippen molar-refractivity contribution >= 4 is 16.8 Å². The van der Waals surface area contributed by atoms with Crippen molar-refractivity contribution in [3.63, 3.8) is 0 Å². The van der Waals surface area contributed by atoms with Gasteiger partial charge in [0.2, 0.25) is 0 Å². The highest BCUT2D eigenvalue weighted by Crippen LogP contribution is 2.22. The molecule has 1 fully saturated rings.